The highest BCUT2D eigenvalue weighted by Crippen LogP contribution is 2.27. The zero-order chi connectivity index (χ0) is 17.8. The van der Waals surface area contributed by atoms with Crippen molar-refractivity contribution in [3.63, 3.8) is 0 Å². The molecule has 1 amide bonds. The van der Waals surface area contributed by atoms with Crippen LogP contribution in [0.3, 0.4) is 0 Å². The molecule has 1 aliphatic rings. The van der Waals surface area contributed by atoms with E-state index < -0.39 is 17.5 Å². The summed E-state index contributed by atoms with van der Waals surface area (Å²) in [7, 11) is 0. The van der Waals surface area contributed by atoms with Gasteiger partial charge in [-0.3, -0.25) is 0 Å². The molecule has 1 heterocycles. The Morgan fingerprint density at radius 2 is 1.96 bits per heavy atom. The lowest BCUT2D eigenvalue weighted by molar-refractivity contribution is -0.212. The summed E-state index contributed by atoms with van der Waals surface area (Å²) < 4.78 is 16.8. The lowest BCUT2D eigenvalue weighted by Gasteiger charge is -2.28. The Kier molecular flexibility index (Phi) is 6.82. The first-order valence-corrected chi connectivity index (χ1v) is 8.15. The van der Waals surface area contributed by atoms with Gasteiger partial charge in [0.05, 0.1) is 24.9 Å². The first kappa shape index (κ1) is 20.2. The van der Waals surface area contributed by atoms with E-state index in [0.29, 0.717) is 26.1 Å². The van der Waals surface area contributed by atoms with Crippen LogP contribution >= 0.6 is 0 Å². The zero-order valence-corrected chi connectivity index (χ0v) is 15.2. The second-order valence-corrected chi connectivity index (χ2v) is 7.52. The Morgan fingerprint density at radius 1 is 1.35 bits per heavy atom. The predicted octanol–water partition coefficient (Wildman–Crippen LogP) is 1.47. The van der Waals surface area contributed by atoms with Crippen LogP contribution in [-0.2, 0) is 14.2 Å². The topological polar surface area (TPSA) is 94.3 Å². The molecule has 0 aliphatic carbocycles. The summed E-state index contributed by atoms with van der Waals surface area (Å²) in [5.74, 6) is -1.21. The fraction of sp³-hybridized carbons (Fsp3) is 0.938. The Labute approximate surface area is 139 Å². The Balaban J connectivity index is 2.62. The summed E-state index contributed by atoms with van der Waals surface area (Å²) in [6.07, 6.45) is -0.319. The van der Waals surface area contributed by atoms with Gasteiger partial charge in [-0.15, -0.1) is 0 Å². The van der Waals surface area contributed by atoms with E-state index in [2.05, 4.69) is 0 Å². The molecular formula is C16H32N2O5. The standard InChI is InChI=1S/C16H32N2O5/c1-11-13(22-16(5,6)20)9-12(21-11)10-18(8-7-17)14(19)23-15(2,3)4/h11-13,20H,7-10,17H2,1-6H3/t11-,12-,13+/m0/s1. The fourth-order valence-electron chi connectivity index (χ4n) is 2.51. The molecule has 0 bridgehead atoms. The van der Waals surface area contributed by atoms with Gasteiger partial charge >= 0.3 is 6.09 Å². The number of nitrogens with two attached hydrogens (primary N) is 1. The van der Waals surface area contributed by atoms with Crippen LogP contribution in [0, 0.1) is 0 Å². The van der Waals surface area contributed by atoms with Crippen molar-refractivity contribution in [2.45, 2.75) is 77.7 Å². The third-order valence-electron chi connectivity index (χ3n) is 3.34. The minimum Gasteiger partial charge on any atom is -0.444 e. The van der Waals surface area contributed by atoms with E-state index in [0.717, 1.165) is 0 Å². The molecule has 7 nitrogen and oxygen atoms in total. The molecule has 23 heavy (non-hydrogen) atoms. The molecule has 0 spiro atoms. The molecule has 3 N–H and O–H groups in total. The molecular weight excluding hydrogens is 300 g/mol. The molecule has 0 saturated carbocycles. The van der Waals surface area contributed by atoms with Gasteiger partial charge in [-0.05, 0) is 41.5 Å². The van der Waals surface area contributed by atoms with Crippen molar-refractivity contribution in [3.05, 3.63) is 0 Å². The van der Waals surface area contributed by atoms with Crippen molar-refractivity contribution < 1.29 is 24.1 Å². The van der Waals surface area contributed by atoms with Crippen molar-refractivity contribution in [2.75, 3.05) is 19.6 Å². The van der Waals surface area contributed by atoms with Gasteiger partial charge < -0.3 is 30.0 Å². The van der Waals surface area contributed by atoms with Gasteiger partial charge in [0, 0.05) is 19.5 Å². The van der Waals surface area contributed by atoms with Crippen LogP contribution in [0.4, 0.5) is 4.79 Å². The highest BCUT2D eigenvalue weighted by molar-refractivity contribution is 5.68. The van der Waals surface area contributed by atoms with E-state index in [4.69, 9.17) is 19.9 Å². The molecule has 1 saturated heterocycles. The summed E-state index contributed by atoms with van der Waals surface area (Å²) in [6.45, 7) is 11.7. The Bertz CT molecular complexity index is 389. The van der Waals surface area contributed by atoms with Gasteiger partial charge in [0.2, 0.25) is 0 Å². The minimum absolute atomic E-state index is 0.148. The van der Waals surface area contributed by atoms with Crippen LogP contribution in [0.2, 0.25) is 0 Å². The van der Waals surface area contributed by atoms with Crippen LogP contribution < -0.4 is 5.73 Å². The number of carbonyl (C=O) groups is 1. The predicted molar refractivity (Wildman–Crippen MR) is 87.0 cm³/mol. The maximum absolute atomic E-state index is 12.2. The van der Waals surface area contributed by atoms with Gasteiger partial charge in [-0.1, -0.05) is 0 Å². The highest BCUT2D eigenvalue weighted by atomic mass is 16.6. The number of nitrogens with zero attached hydrogens (tertiary/aromatic N) is 1. The second-order valence-electron chi connectivity index (χ2n) is 7.52. The number of aliphatic hydroxyl groups is 1. The number of ether oxygens (including phenoxy) is 3. The third kappa shape index (κ3) is 7.48. The summed E-state index contributed by atoms with van der Waals surface area (Å²) in [6, 6.07) is 0. The monoisotopic (exact) mass is 332 g/mol. The van der Waals surface area contributed by atoms with E-state index in [9.17, 15) is 9.90 Å². The third-order valence-corrected chi connectivity index (χ3v) is 3.34. The van der Waals surface area contributed by atoms with Gasteiger partial charge in [0.25, 0.3) is 0 Å². The summed E-state index contributed by atoms with van der Waals surface area (Å²) in [5, 5.41) is 9.79. The van der Waals surface area contributed by atoms with Crippen LogP contribution in [-0.4, -0.2) is 65.4 Å². The normalized spacial score (nSPS) is 25.5. The molecule has 1 aliphatic heterocycles. The van der Waals surface area contributed by atoms with Crippen LogP contribution in [0.1, 0.15) is 48.0 Å². The van der Waals surface area contributed by atoms with Gasteiger partial charge in [-0.25, -0.2) is 4.79 Å². The van der Waals surface area contributed by atoms with Gasteiger partial charge in [0.15, 0.2) is 5.79 Å². The van der Waals surface area contributed by atoms with Crippen molar-refractivity contribution in [1.82, 2.24) is 4.90 Å². The molecule has 7 heteroatoms. The largest absolute Gasteiger partial charge is 0.444 e. The summed E-state index contributed by atoms with van der Waals surface area (Å²) >= 11 is 0. The second kappa shape index (κ2) is 7.79. The van der Waals surface area contributed by atoms with Crippen LogP contribution in [0.5, 0.6) is 0 Å². The van der Waals surface area contributed by atoms with E-state index in [1.165, 1.54) is 0 Å². The maximum Gasteiger partial charge on any atom is 0.410 e. The molecule has 0 unspecified atom stereocenters. The smallest absolute Gasteiger partial charge is 0.410 e. The minimum atomic E-state index is -1.21. The Morgan fingerprint density at radius 3 is 2.43 bits per heavy atom. The van der Waals surface area contributed by atoms with Crippen molar-refractivity contribution in [3.8, 4) is 0 Å². The molecule has 0 aromatic carbocycles. The maximum atomic E-state index is 12.2. The molecule has 1 fully saturated rings. The lowest BCUT2D eigenvalue weighted by Crippen LogP contribution is -2.43. The number of hydrogen-bond donors (Lipinski definition) is 2. The SMILES string of the molecule is C[C@@H]1O[C@H](CN(CCN)C(=O)OC(C)(C)C)C[C@H]1OC(C)(C)O. The van der Waals surface area contributed by atoms with Gasteiger partial charge in [0.1, 0.15) is 5.60 Å². The molecule has 136 valence electrons. The number of rotatable bonds is 6. The molecule has 0 aromatic rings. The molecule has 3 atom stereocenters. The van der Waals surface area contributed by atoms with Crippen molar-refractivity contribution >= 4 is 6.09 Å². The number of hydrogen-bond acceptors (Lipinski definition) is 6. The summed E-state index contributed by atoms with van der Waals surface area (Å²) in [5.41, 5.74) is 5.04. The highest BCUT2D eigenvalue weighted by Gasteiger charge is 2.37. The van der Waals surface area contributed by atoms with E-state index >= 15 is 0 Å². The quantitative estimate of drug-likeness (QED) is 0.715. The van der Waals surface area contributed by atoms with E-state index in [1.807, 2.05) is 27.7 Å². The Hall–Kier alpha value is -0.890. The van der Waals surface area contributed by atoms with Crippen molar-refractivity contribution in [2.24, 2.45) is 5.73 Å². The number of carbonyl (C=O) groups excluding carboxylic acids is 1. The first-order valence-electron chi connectivity index (χ1n) is 8.15. The van der Waals surface area contributed by atoms with Crippen LogP contribution in [0.15, 0.2) is 0 Å². The molecule has 1 rings (SSSR count). The fourth-order valence-corrected chi connectivity index (χ4v) is 2.51. The molecule has 0 aromatic heterocycles. The summed E-state index contributed by atoms with van der Waals surface area (Å²) in [4.78, 5) is 13.8. The average Bonchev–Trinajstić information content (AvgIpc) is 2.64. The van der Waals surface area contributed by atoms with Crippen molar-refractivity contribution in [1.29, 1.82) is 0 Å². The lowest BCUT2D eigenvalue weighted by atomic mass is 10.1. The molecule has 0 radical (unpaired) electrons. The number of amides is 1. The van der Waals surface area contributed by atoms with Gasteiger partial charge in [-0.2, -0.15) is 0 Å². The zero-order valence-electron chi connectivity index (χ0n) is 15.2. The first-order chi connectivity index (χ1) is 10.4. The van der Waals surface area contributed by atoms with Crippen LogP contribution in [0.25, 0.3) is 0 Å². The average molecular weight is 332 g/mol. The van der Waals surface area contributed by atoms with E-state index in [-0.39, 0.29) is 18.3 Å². The van der Waals surface area contributed by atoms with E-state index in [1.54, 1.807) is 18.7 Å².